The fourth-order valence-corrected chi connectivity index (χ4v) is 1.86. The Morgan fingerprint density at radius 3 is 2.63 bits per heavy atom. The Morgan fingerprint density at radius 2 is 1.95 bits per heavy atom. The highest BCUT2D eigenvalue weighted by molar-refractivity contribution is 7.98. The third-order valence-corrected chi connectivity index (χ3v) is 2.97. The van der Waals surface area contributed by atoms with Crippen molar-refractivity contribution in [3.8, 4) is 0 Å². The summed E-state index contributed by atoms with van der Waals surface area (Å²) in [6.45, 7) is 2.02. The number of hydrogen-bond donors (Lipinski definition) is 3. The predicted octanol–water partition coefficient (Wildman–Crippen LogP) is 1.69. The van der Waals surface area contributed by atoms with Crippen molar-refractivity contribution in [1.29, 1.82) is 0 Å². The Balaban J connectivity index is 2.15. The minimum Gasteiger partial charge on any atom is -0.386 e. The number of anilines is 3. The van der Waals surface area contributed by atoms with E-state index in [1.165, 1.54) is 17.3 Å². The van der Waals surface area contributed by atoms with Gasteiger partial charge in [-0.25, -0.2) is 0 Å². The summed E-state index contributed by atoms with van der Waals surface area (Å²) in [5, 5.41) is 11.8. The third kappa shape index (κ3) is 4.08. The van der Waals surface area contributed by atoms with Gasteiger partial charge in [0, 0.05) is 5.69 Å². The molecule has 0 fully saturated rings. The number of nitrogens with one attached hydrogen (secondary N) is 1. The lowest BCUT2D eigenvalue weighted by molar-refractivity contribution is 0.375. The summed E-state index contributed by atoms with van der Waals surface area (Å²) in [6.07, 6.45) is 0. The van der Waals surface area contributed by atoms with Gasteiger partial charge in [0.25, 0.3) is 0 Å². The maximum atomic E-state index is 8.77. The third-order valence-electron chi connectivity index (χ3n) is 2.33. The van der Waals surface area contributed by atoms with Crippen LogP contribution in [0.3, 0.4) is 0 Å². The molecule has 0 bridgehead atoms. The van der Waals surface area contributed by atoms with Gasteiger partial charge >= 0.3 is 0 Å². The predicted molar refractivity (Wildman–Crippen MR) is 77.1 cm³/mol. The molecule has 4 N–H and O–H groups in total. The van der Waals surface area contributed by atoms with Gasteiger partial charge in [-0.2, -0.15) is 15.0 Å². The Labute approximate surface area is 115 Å². The van der Waals surface area contributed by atoms with Crippen LogP contribution >= 0.6 is 11.8 Å². The van der Waals surface area contributed by atoms with Crippen molar-refractivity contribution in [3.05, 3.63) is 35.7 Å². The average molecular weight is 277 g/mol. The molecule has 7 heteroatoms. The number of rotatable bonds is 5. The highest BCUT2D eigenvalue weighted by atomic mass is 32.2. The smallest absolute Gasteiger partial charge is 0.232 e. The number of aliphatic hydroxyl groups is 1. The van der Waals surface area contributed by atoms with Gasteiger partial charge in [-0.05, 0) is 19.1 Å². The van der Waals surface area contributed by atoms with Gasteiger partial charge in [-0.15, -0.1) is 11.8 Å². The molecule has 0 radical (unpaired) electrons. The zero-order chi connectivity index (χ0) is 13.7. The van der Waals surface area contributed by atoms with E-state index in [1.54, 1.807) is 0 Å². The lowest BCUT2D eigenvalue weighted by Gasteiger charge is -2.07. The van der Waals surface area contributed by atoms with E-state index in [0.29, 0.717) is 17.5 Å². The zero-order valence-electron chi connectivity index (χ0n) is 10.5. The quantitative estimate of drug-likeness (QED) is 0.715. The largest absolute Gasteiger partial charge is 0.386 e. The molecule has 100 valence electrons. The number of aliphatic hydroxyl groups excluding tert-OH is 1. The topological polar surface area (TPSA) is 97.0 Å². The summed E-state index contributed by atoms with van der Waals surface area (Å²) in [5.41, 5.74) is 7.70. The van der Waals surface area contributed by atoms with Crippen molar-refractivity contribution < 1.29 is 5.11 Å². The summed E-state index contributed by atoms with van der Waals surface area (Å²) in [4.78, 5) is 12.3. The first-order chi connectivity index (χ1) is 9.17. The van der Waals surface area contributed by atoms with Crippen molar-refractivity contribution in [3.63, 3.8) is 0 Å². The molecular formula is C12H15N5OS. The van der Waals surface area contributed by atoms with Gasteiger partial charge in [0.15, 0.2) is 0 Å². The molecule has 0 amide bonds. The number of nitrogens with zero attached hydrogens (tertiary/aromatic N) is 3. The second kappa shape index (κ2) is 6.35. The fraction of sp³-hybridized carbons (Fsp3) is 0.250. The van der Waals surface area contributed by atoms with Gasteiger partial charge in [-0.1, -0.05) is 17.7 Å². The molecule has 0 atom stereocenters. The zero-order valence-corrected chi connectivity index (χ0v) is 11.3. The van der Waals surface area contributed by atoms with Gasteiger partial charge in [0.05, 0.1) is 11.7 Å². The van der Waals surface area contributed by atoms with Crippen LogP contribution in [0.15, 0.2) is 24.3 Å². The van der Waals surface area contributed by atoms with Gasteiger partial charge in [0.2, 0.25) is 11.9 Å². The van der Waals surface area contributed by atoms with Crippen LogP contribution in [0.2, 0.25) is 0 Å². The van der Waals surface area contributed by atoms with Crippen molar-refractivity contribution in [1.82, 2.24) is 15.0 Å². The minimum atomic E-state index is 0.0202. The van der Waals surface area contributed by atoms with E-state index < -0.39 is 0 Å². The standard InChI is InChI=1S/C12H15N5OS/c1-8-2-4-9(5-3-8)14-12-16-10(6-19-7-18)15-11(13)17-12/h2-5,18H,6-7H2,1H3,(H3,13,14,15,16,17). The second-order valence-electron chi connectivity index (χ2n) is 3.90. The minimum absolute atomic E-state index is 0.0202. The molecule has 6 nitrogen and oxygen atoms in total. The molecule has 0 saturated heterocycles. The number of hydrogen-bond acceptors (Lipinski definition) is 7. The highest BCUT2D eigenvalue weighted by Crippen LogP contribution is 2.15. The average Bonchev–Trinajstić information content (AvgIpc) is 2.38. The molecule has 0 aliphatic carbocycles. The number of thioether (sulfide) groups is 1. The van der Waals surface area contributed by atoms with Crippen molar-refractivity contribution in [2.45, 2.75) is 12.7 Å². The van der Waals surface area contributed by atoms with Crippen LogP contribution in [0.4, 0.5) is 17.6 Å². The molecular weight excluding hydrogens is 262 g/mol. The summed E-state index contributed by atoms with van der Waals surface area (Å²) < 4.78 is 0. The van der Waals surface area contributed by atoms with E-state index in [1.807, 2.05) is 31.2 Å². The number of nitrogen functional groups attached to an aromatic ring is 1. The van der Waals surface area contributed by atoms with Crippen LogP contribution in [-0.2, 0) is 5.75 Å². The van der Waals surface area contributed by atoms with E-state index in [9.17, 15) is 0 Å². The first kappa shape index (κ1) is 13.6. The van der Waals surface area contributed by atoms with Gasteiger partial charge < -0.3 is 16.2 Å². The normalized spacial score (nSPS) is 10.4. The molecule has 0 aliphatic rings. The van der Waals surface area contributed by atoms with Crippen molar-refractivity contribution in [2.24, 2.45) is 0 Å². The molecule has 2 rings (SSSR count). The first-order valence-electron chi connectivity index (χ1n) is 5.70. The molecule has 1 aromatic carbocycles. The molecule has 1 aromatic heterocycles. The van der Waals surface area contributed by atoms with E-state index in [2.05, 4.69) is 20.3 Å². The van der Waals surface area contributed by atoms with Crippen LogP contribution in [-0.4, -0.2) is 26.0 Å². The van der Waals surface area contributed by atoms with Crippen LogP contribution in [0.5, 0.6) is 0 Å². The summed E-state index contributed by atoms with van der Waals surface area (Å²) in [5.74, 6) is 1.63. The lowest BCUT2D eigenvalue weighted by Crippen LogP contribution is -2.06. The summed E-state index contributed by atoms with van der Waals surface area (Å²) in [7, 11) is 0. The molecule has 0 saturated carbocycles. The Kier molecular flexibility index (Phi) is 4.53. The number of aryl methyl sites for hydroxylation is 1. The fourth-order valence-electron chi connectivity index (χ4n) is 1.46. The van der Waals surface area contributed by atoms with Gasteiger partial charge in [-0.3, -0.25) is 0 Å². The summed E-state index contributed by atoms with van der Waals surface area (Å²) >= 11 is 1.31. The van der Waals surface area contributed by atoms with E-state index in [-0.39, 0.29) is 11.9 Å². The number of benzene rings is 1. The van der Waals surface area contributed by atoms with Crippen LogP contribution in [0, 0.1) is 6.92 Å². The lowest BCUT2D eigenvalue weighted by atomic mass is 10.2. The van der Waals surface area contributed by atoms with E-state index in [0.717, 1.165) is 5.69 Å². The molecule has 0 unspecified atom stereocenters. The molecule has 19 heavy (non-hydrogen) atoms. The molecule has 1 heterocycles. The van der Waals surface area contributed by atoms with Crippen molar-refractivity contribution >= 4 is 29.3 Å². The molecule has 0 spiro atoms. The van der Waals surface area contributed by atoms with Gasteiger partial charge in [0.1, 0.15) is 5.82 Å². The monoisotopic (exact) mass is 277 g/mol. The van der Waals surface area contributed by atoms with Crippen LogP contribution in [0.25, 0.3) is 0 Å². The van der Waals surface area contributed by atoms with E-state index in [4.69, 9.17) is 10.8 Å². The summed E-state index contributed by atoms with van der Waals surface area (Å²) in [6, 6.07) is 7.87. The maximum Gasteiger partial charge on any atom is 0.232 e. The first-order valence-corrected chi connectivity index (χ1v) is 6.85. The SMILES string of the molecule is Cc1ccc(Nc2nc(N)nc(CSCO)n2)cc1. The highest BCUT2D eigenvalue weighted by Gasteiger charge is 2.05. The Morgan fingerprint density at radius 1 is 1.21 bits per heavy atom. The molecule has 0 aliphatic heterocycles. The molecule has 2 aromatic rings. The maximum absolute atomic E-state index is 8.77. The van der Waals surface area contributed by atoms with Crippen LogP contribution in [0.1, 0.15) is 11.4 Å². The Hall–Kier alpha value is -1.86. The second-order valence-corrected chi connectivity index (χ2v) is 4.86. The number of aromatic nitrogens is 3. The van der Waals surface area contributed by atoms with Crippen LogP contribution < -0.4 is 11.1 Å². The van der Waals surface area contributed by atoms with E-state index >= 15 is 0 Å². The number of nitrogens with two attached hydrogens (primary N) is 1. The van der Waals surface area contributed by atoms with Crippen molar-refractivity contribution in [2.75, 3.05) is 17.0 Å². The Bertz CT molecular complexity index is 546.